The fourth-order valence-electron chi connectivity index (χ4n) is 1.55. The van der Waals surface area contributed by atoms with Crippen LogP contribution in [0.3, 0.4) is 0 Å². The monoisotopic (exact) mass is 159 g/mol. The molecule has 0 aliphatic carbocycles. The van der Waals surface area contributed by atoms with Gasteiger partial charge in [-0.15, -0.1) is 11.8 Å². The van der Waals surface area contributed by atoms with Gasteiger partial charge in [-0.3, -0.25) is 4.90 Å². The molecule has 0 aromatic carbocycles. The third-order valence-corrected chi connectivity index (χ3v) is 2.88. The summed E-state index contributed by atoms with van der Waals surface area (Å²) in [4.78, 5) is 2.55. The van der Waals surface area contributed by atoms with Gasteiger partial charge in [-0.1, -0.05) is 13.3 Å². The molecule has 0 radical (unpaired) electrons. The topological polar surface area (TPSA) is 3.24 Å². The molecule has 0 amide bonds. The number of hydrogen-bond acceptors (Lipinski definition) is 2. The van der Waals surface area contributed by atoms with Crippen LogP contribution in [0.5, 0.6) is 0 Å². The van der Waals surface area contributed by atoms with Crippen molar-refractivity contribution in [2.45, 2.75) is 19.8 Å². The largest absolute Gasteiger partial charge is 0.294 e. The van der Waals surface area contributed by atoms with Crippen molar-refractivity contribution in [1.82, 2.24) is 4.90 Å². The molecule has 0 bridgehead atoms. The van der Waals surface area contributed by atoms with Gasteiger partial charge in [0.1, 0.15) is 0 Å². The molecular formula is C8H17NS. The Morgan fingerprint density at radius 2 is 2.40 bits per heavy atom. The van der Waals surface area contributed by atoms with E-state index >= 15 is 0 Å². The van der Waals surface area contributed by atoms with Crippen molar-refractivity contribution in [2.24, 2.45) is 5.92 Å². The Labute approximate surface area is 68.2 Å². The first-order valence-corrected chi connectivity index (χ1v) is 5.47. The highest BCUT2D eigenvalue weighted by Gasteiger charge is 2.19. The lowest BCUT2D eigenvalue weighted by Crippen LogP contribution is -2.19. The van der Waals surface area contributed by atoms with Crippen LogP contribution in [0.1, 0.15) is 19.8 Å². The Morgan fingerprint density at radius 1 is 1.60 bits per heavy atom. The molecule has 1 aliphatic heterocycles. The summed E-state index contributed by atoms with van der Waals surface area (Å²) in [5.41, 5.74) is 0. The van der Waals surface area contributed by atoms with Crippen molar-refractivity contribution in [2.75, 3.05) is 25.2 Å². The molecule has 10 heavy (non-hydrogen) atoms. The molecule has 1 nitrogen and oxygen atoms in total. The van der Waals surface area contributed by atoms with E-state index < -0.39 is 0 Å². The summed E-state index contributed by atoms with van der Waals surface area (Å²) in [6.07, 6.45) is 4.97. The number of likely N-dealkylation sites (tertiary alicyclic amines) is 1. The molecule has 1 saturated heterocycles. The van der Waals surface area contributed by atoms with Gasteiger partial charge < -0.3 is 0 Å². The Morgan fingerprint density at radius 3 is 2.90 bits per heavy atom. The molecule has 0 N–H and O–H groups in total. The maximum Gasteiger partial charge on any atom is 0.0441 e. The van der Waals surface area contributed by atoms with E-state index in [1.54, 1.807) is 0 Å². The van der Waals surface area contributed by atoms with Crippen LogP contribution in [-0.4, -0.2) is 30.1 Å². The van der Waals surface area contributed by atoms with Gasteiger partial charge in [0, 0.05) is 12.4 Å². The van der Waals surface area contributed by atoms with Crippen LogP contribution in [0.25, 0.3) is 0 Å². The van der Waals surface area contributed by atoms with Crippen molar-refractivity contribution in [3.05, 3.63) is 0 Å². The van der Waals surface area contributed by atoms with Crippen LogP contribution in [0.2, 0.25) is 0 Å². The van der Waals surface area contributed by atoms with Crippen molar-refractivity contribution < 1.29 is 0 Å². The fraction of sp³-hybridized carbons (Fsp3) is 1.00. The van der Waals surface area contributed by atoms with Gasteiger partial charge in [0.05, 0.1) is 0 Å². The number of hydrogen-bond donors (Lipinski definition) is 0. The summed E-state index contributed by atoms with van der Waals surface area (Å²) in [7, 11) is 0. The van der Waals surface area contributed by atoms with Gasteiger partial charge in [-0.2, -0.15) is 0 Å². The zero-order valence-corrected chi connectivity index (χ0v) is 7.78. The highest BCUT2D eigenvalue weighted by Crippen LogP contribution is 2.19. The quantitative estimate of drug-likeness (QED) is 0.620. The van der Waals surface area contributed by atoms with Crippen molar-refractivity contribution >= 4 is 11.8 Å². The second-order valence-corrected chi connectivity index (χ2v) is 3.89. The van der Waals surface area contributed by atoms with E-state index in [1.807, 2.05) is 11.8 Å². The zero-order valence-electron chi connectivity index (χ0n) is 6.97. The van der Waals surface area contributed by atoms with E-state index in [2.05, 4.69) is 18.1 Å². The first kappa shape index (κ1) is 8.41. The Kier molecular flexibility index (Phi) is 3.57. The summed E-state index contributed by atoms with van der Waals surface area (Å²) < 4.78 is 0. The predicted molar refractivity (Wildman–Crippen MR) is 48.4 cm³/mol. The molecule has 1 aliphatic rings. The first-order chi connectivity index (χ1) is 4.86. The van der Waals surface area contributed by atoms with Crippen LogP contribution in [0.4, 0.5) is 0 Å². The lowest BCUT2D eigenvalue weighted by molar-refractivity contribution is 0.378. The second kappa shape index (κ2) is 4.24. The van der Waals surface area contributed by atoms with E-state index in [0.29, 0.717) is 0 Å². The smallest absolute Gasteiger partial charge is 0.0441 e. The van der Waals surface area contributed by atoms with Gasteiger partial charge in [0.2, 0.25) is 0 Å². The first-order valence-electron chi connectivity index (χ1n) is 4.08. The molecule has 1 rings (SSSR count). The Balaban J connectivity index is 2.15. The van der Waals surface area contributed by atoms with Crippen LogP contribution in [-0.2, 0) is 0 Å². The van der Waals surface area contributed by atoms with E-state index in [0.717, 1.165) is 5.92 Å². The SMILES string of the molecule is CCC1CCN(CSC)C1. The van der Waals surface area contributed by atoms with Crippen molar-refractivity contribution in [3.63, 3.8) is 0 Å². The lowest BCUT2D eigenvalue weighted by atomic mass is 10.1. The number of rotatable bonds is 3. The molecule has 2 heteroatoms. The van der Waals surface area contributed by atoms with E-state index in [-0.39, 0.29) is 0 Å². The van der Waals surface area contributed by atoms with Gasteiger partial charge >= 0.3 is 0 Å². The normalized spacial score (nSPS) is 27.6. The molecule has 1 unspecified atom stereocenters. The van der Waals surface area contributed by atoms with E-state index in [9.17, 15) is 0 Å². The number of nitrogens with zero attached hydrogens (tertiary/aromatic N) is 1. The zero-order chi connectivity index (χ0) is 7.40. The number of thioether (sulfide) groups is 1. The molecule has 1 atom stereocenters. The maximum atomic E-state index is 2.55. The van der Waals surface area contributed by atoms with Crippen molar-refractivity contribution in [1.29, 1.82) is 0 Å². The lowest BCUT2D eigenvalue weighted by Gasteiger charge is -2.12. The van der Waals surface area contributed by atoms with Crippen molar-refractivity contribution in [3.8, 4) is 0 Å². The van der Waals surface area contributed by atoms with Crippen LogP contribution >= 0.6 is 11.8 Å². The highest BCUT2D eigenvalue weighted by atomic mass is 32.2. The van der Waals surface area contributed by atoms with Crippen LogP contribution in [0.15, 0.2) is 0 Å². The maximum absolute atomic E-state index is 2.55. The van der Waals surface area contributed by atoms with Gasteiger partial charge in [0.15, 0.2) is 0 Å². The minimum absolute atomic E-state index is 0.993. The van der Waals surface area contributed by atoms with E-state index in [4.69, 9.17) is 0 Å². The molecule has 0 aromatic rings. The minimum atomic E-state index is 0.993. The summed E-state index contributed by atoms with van der Waals surface area (Å²) in [6.45, 7) is 4.98. The molecule has 0 spiro atoms. The van der Waals surface area contributed by atoms with E-state index in [1.165, 1.54) is 31.8 Å². The van der Waals surface area contributed by atoms with Gasteiger partial charge in [-0.25, -0.2) is 0 Å². The summed E-state index contributed by atoms with van der Waals surface area (Å²) >= 11 is 1.94. The summed E-state index contributed by atoms with van der Waals surface area (Å²) in [5.74, 6) is 2.23. The predicted octanol–water partition coefficient (Wildman–Crippen LogP) is 2.04. The molecular weight excluding hydrogens is 142 g/mol. The standard InChI is InChI=1S/C8H17NS/c1-3-8-4-5-9(6-8)7-10-2/h8H,3-7H2,1-2H3. The van der Waals surface area contributed by atoms with Crippen LogP contribution in [0, 0.1) is 5.92 Å². The highest BCUT2D eigenvalue weighted by molar-refractivity contribution is 7.98. The fourth-order valence-corrected chi connectivity index (χ4v) is 2.15. The summed E-state index contributed by atoms with van der Waals surface area (Å²) in [6, 6.07) is 0. The molecule has 1 heterocycles. The third-order valence-electron chi connectivity index (χ3n) is 2.26. The summed E-state index contributed by atoms with van der Waals surface area (Å²) in [5, 5.41) is 0. The average molecular weight is 159 g/mol. The third kappa shape index (κ3) is 2.17. The van der Waals surface area contributed by atoms with Gasteiger partial charge in [0.25, 0.3) is 0 Å². The Hall–Kier alpha value is 0.310. The minimum Gasteiger partial charge on any atom is -0.294 e. The van der Waals surface area contributed by atoms with Gasteiger partial charge in [-0.05, 0) is 25.1 Å². The second-order valence-electron chi connectivity index (χ2n) is 3.06. The molecule has 0 aromatic heterocycles. The molecule has 60 valence electrons. The Bertz CT molecular complexity index is 95.3. The molecule has 0 saturated carbocycles. The van der Waals surface area contributed by atoms with Crippen LogP contribution < -0.4 is 0 Å². The average Bonchev–Trinajstić information content (AvgIpc) is 2.37. The molecule has 1 fully saturated rings.